The van der Waals surface area contributed by atoms with Crippen LogP contribution in [0.15, 0.2) is 48.5 Å². The predicted molar refractivity (Wildman–Crippen MR) is 98.7 cm³/mol. The highest BCUT2D eigenvalue weighted by Gasteiger charge is 2.35. The van der Waals surface area contributed by atoms with Crippen molar-refractivity contribution in [1.82, 2.24) is 4.90 Å². The van der Waals surface area contributed by atoms with Gasteiger partial charge in [-0.15, -0.1) is 11.6 Å². The molecule has 0 amide bonds. The lowest BCUT2D eigenvalue weighted by atomic mass is 9.81. The highest BCUT2D eigenvalue weighted by atomic mass is 35.5. The molecule has 4 heteroatoms. The van der Waals surface area contributed by atoms with Crippen LogP contribution < -0.4 is 5.73 Å². The topological polar surface area (TPSA) is 49.5 Å². The van der Waals surface area contributed by atoms with Gasteiger partial charge < -0.3 is 10.8 Å². The van der Waals surface area contributed by atoms with Crippen molar-refractivity contribution < 1.29 is 5.11 Å². The van der Waals surface area contributed by atoms with E-state index in [9.17, 15) is 5.11 Å². The zero-order chi connectivity index (χ0) is 17.0. The van der Waals surface area contributed by atoms with Gasteiger partial charge >= 0.3 is 0 Å². The zero-order valence-electron chi connectivity index (χ0n) is 13.9. The summed E-state index contributed by atoms with van der Waals surface area (Å²) < 4.78 is 0. The van der Waals surface area contributed by atoms with Crippen LogP contribution in [0.25, 0.3) is 0 Å². The average molecular weight is 345 g/mol. The van der Waals surface area contributed by atoms with E-state index in [0.29, 0.717) is 12.4 Å². The standard InChI is InChI=1S/C20H25ClN2O/c21-13-18-17(14-22)7-4-8-19(18)20(24)9-11-23(12-10-20)15-16-5-2-1-3-6-16/h1-8,24H,9-15,22H2. The van der Waals surface area contributed by atoms with Crippen LogP contribution in [0.1, 0.15) is 35.1 Å². The molecule has 2 aromatic rings. The van der Waals surface area contributed by atoms with Gasteiger partial charge in [-0.2, -0.15) is 0 Å². The number of likely N-dealkylation sites (tertiary alicyclic amines) is 1. The molecule has 2 aromatic carbocycles. The highest BCUT2D eigenvalue weighted by Crippen LogP contribution is 2.36. The first-order valence-corrected chi connectivity index (χ1v) is 9.05. The second-order valence-corrected chi connectivity index (χ2v) is 6.84. The molecule has 0 radical (unpaired) electrons. The minimum Gasteiger partial charge on any atom is -0.385 e. The summed E-state index contributed by atoms with van der Waals surface area (Å²) in [4.78, 5) is 2.40. The maximum Gasteiger partial charge on any atom is 0.0924 e. The number of nitrogens with zero attached hydrogens (tertiary/aromatic N) is 1. The molecule has 0 saturated carbocycles. The summed E-state index contributed by atoms with van der Waals surface area (Å²) in [5.41, 5.74) is 9.33. The van der Waals surface area contributed by atoms with Gasteiger partial charge in [0.15, 0.2) is 0 Å². The lowest BCUT2D eigenvalue weighted by Gasteiger charge is -2.39. The molecule has 1 saturated heterocycles. The SMILES string of the molecule is NCc1cccc(C2(O)CCN(Cc3ccccc3)CC2)c1CCl. The number of hydrogen-bond donors (Lipinski definition) is 2. The molecule has 0 spiro atoms. The third-order valence-corrected chi connectivity index (χ3v) is 5.33. The van der Waals surface area contributed by atoms with Crippen molar-refractivity contribution in [2.24, 2.45) is 5.73 Å². The number of alkyl halides is 1. The van der Waals surface area contributed by atoms with E-state index in [2.05, 4.69) is 29.2 Å². The molecule has 1 heterocycles. The Hall–Kier alpha value is -1.39. The van der Waals surface area contributed by atoms with Gasteiger partial charge in [0.25, 0.3) is 0 Å². The molecular weight excluding hydrogens is 320 g/mol. The van der Waals surface area contributed by atoms with Crippen LogP contribution in [0.4, 0.5) is 0 Å². The molecule has 1 fully saturated rings. The second kappa shape index (κ2) is 7.66. The first kappa shape index (κ1) is 17.4. The third-order valence-electron chi connectivity index (χ3n) is 5.06. The molecule has 24 heavy (non-hydrogen) atoms. The molecule has 0 atom stereocenters. The fourth-order valence-electron chi connectivity index (χ4n) is 3.61. The van der Waals surface area contributed by atoms with Crippen molar-refractivity contribution in [3.05, 3.63) is 70.8 Å². The monoisotopic (exact) mass is 344 g/mol. The largest absolute Gasteiger partial charge is 0.385 e. The van der Waals surface area contributed by atoms with Gasteiger partial charge in [0, 0.05) is 32.1 Å². The van der Waals surface area contributed by atoms with Crippen LogP contribution in [0.3, 0.4) is 0 Å². The van der Waals surface area contributed by atoms with Gasteiger partial charge in [-0.3, -0.25) is 4.90 Å². The van der Waals surface area contributed by atoms with E-state index < -0.39 is 5.60 Å². The summed E-state index contributed by atoms with van der Waals surface area (Å²) in [5, 5.41) is 11.2. The summed E-state index contributed by atoms with van der Waals surface area (Å²) in [7, 11) is 0. The third kappa shape index (κ3) is 3.65. The minimum absolute atomic E-state index is 0.388. The van der Waals surface area contributed by atoms with Crippen LogP contribution in [0, 0.1) is 0 Å². The maximum absolute atomic E-state index is 11.2. The summed E-state index contributed by atoms with van der Waals surface area (Å²) in [6.07, 6.45) is 1.44. The summed E-state index contributed by atoms with van der Waals surface area (Å²) in [6.45, 7) is 3.13. The Morgan fingerprint density at radius 3 is 2.38 bits per heavy atom. The molecule has 1 aliphatic rings. The van der Waals surface area contributed by atoms with Crippen LogP contribution in [-0.2, 0) is 24.6 Å². The Morgan fingerprint density at radius 1 is 1.04 bits per heavy atom. The van der Waals surface area contributed by atoms with E-state index in [-0.39, 0.29) is 0 Å². The lowest BCUT2D eigenvalue weighted by molar-refractivity contribution is -0.0283. The van der Waals surface area contributed by atoms with Crippen LogP contribution in [-0.4, -0.2) is 23.1 Å². The van der Waals surface area contributed by atoms with Crippen LogP contribution in [0.2, 0.25) is 0 Å². The van der Waals surface area contributed by atoms with Gasteiger partial charge in [0.2, 0.25) is 0 Å². The van der Waals surface area contributed by atoms with E-state index in [1.54, 1.807) is 0 Å². The van der Waals surface area contributed by atoms with E-state index in [4.69, 9.17) is 17.3 Å². The van der Waals surface area contributed by atoms with E-state index in [0.717, 1.165) is 49.2 Å². The van der Waals surface area contributed by atoms with Gasteiger partial charge in [-0.25, -0.2) is 0 Å². The Morgan fingerprint density at radius 2 is 1.75 bits per heavy atom. The Bertz CT molecular complexity index is 667. The van der Waals surface area contributed by atoms with Crippen molar-refractivity contribution >= 4 is 11.6 Å². The van der Waals surface area contributed by atoms with Crippen molar-refractivity contribution in [2.45, 2.75) is 37.4 Å². The molecule has 3 rings (SSSR count). The quantitative estimate of drug-likeness (QED) is 0.818. The molecule has 128 valence electrons. The summed E-state index contributed by atoms with van der Waals surface area (Å²) >= 11 is 6.16. The molecule has 1 aliphatic heterocycles. The molecule has 0 aromatic heterocycles. The lowest BCUT2D eigenvalue weighted by Crippen LogP contribution is -2.42. The molecule has 0 aliphatic carbocycles. The van der Waals surface area contributed by atoms with E-state index in [1.807, 2.05) is 24.3 Å². The normalized spacial score (nSPS) is 17.8. The second-order valence-electron chi connectivity index (χ2n) is 6.57. The fourth-order valence-corrected chi connectivity index (χ4v) is 3.93. The number of hydrogen-bond acceptors (Lipinski definition) is 3. The van der Waals surface area contributed by atoms with E-state index in [1.165, 1.54) is 5.56 Å². The molecule has 3 nitrogen and oxygen atoms in total. The van der Waals surface area contributed by atoms with Gasteiger partial charge in [-0.1, -0.05) is 48.5 Å². The minimum atomic E-state index is -0.803. The zero-order valence-corrected chi connectivity index (χ0v) is 14.7. The highest BCUT2D eigenvalue weighted by molar-refractivity contribution is 6.17. The Kier molecular flexibility index (Phi) is 5.57. The maximum atomic E-state index is 11.2. The molecule has 0 unspecified atom stereocenters. The number of nitrogens with two attached hydrogens (primary N) is 1. The summed E-state index contributed by atoms with van der Waals surface area (Å²) in [5.74, 6) is 0.388. The van der Waals surface area contributed by atoms with Crippen LogP contribution >= 0.6 is 11.6 Å². The number of aliphatic hydroxyl groups is 1. The van der Waals surface area contributed by atoms with Gasteiger partial charge in [0.1, 0.15) is 0 Å². The summed E-state index contributed by atoms with van der Waals surface area (Å²) in [6, 6.07) is 16.5. The van der Waals surface area contributed by atoms with Gasteiger partial charge in [0.05, 0.1) is 5.60 Å². The van der Waals surface area contributed by atoms with Crippen LogP contribution in [0.5, 0.6) is 0 Å². The van der Waals surface area contributed by atoms with Crippen molar-refractivity contribution in [3.8, 4) is 0 Å². The molecular formula is C20H25ClN2O. The predicted octanol–water partition coefficient (Wildman–Crippen LogP) is 3.37. The Labute approximate surface area is 149 Å². The van der Waals surface area contributed by atoms with Crippen molar-refractivity contribution in [3.63, 3.8) is 0 Å². The first-order chi connectivity index (χ1) is 11.7. The molecule has 0 bridgehead atoms. The average Bonchev–Trinajstić information content (AvgIpc) is 2.64. The van der Waals surface area contributed by atoms with Gasteiger partial charge in [-0.05, 0) is 35.1 Å². The molecule has 3 N–H and O–H groups in total. The fraction of sp³-hybridized carbons (Fsp3) is 0.400. The van der Waals surface area contributed by atoms with E-state index >= 15 is 0 Å². The Balaban J connectivity index is 1.73. The smallest absolute Gasteiger partial charge is 0.0924 e. The number of piperidine rings is 1. The number of halogens is 1. The number of rotatable bonds is 5. The number of benzene rings is 2. The van der Waals surface area contributed by atoms with Crippen molar-refractivity contribution in [2.75, 3.05) is 13.1 Å². The first-order valence-electron chi connectivity index (χ1n) is 8.52. The van der Waals surface area contributed by atoms with Crippen molar-refractivity contribution in [1.29, 1.82) is 0 Å².